The van der Waals surface area contributed by atoms with E-state index >= 15 is 0 Å². The lowest BCUT2D eigenvalue weighted by Gasteiger charge is -2.40. The monoisotopic (exact) mass is 500 g/mol. The largest absolute Gasteiger partial charge is 0.493 e. The van der Waals surface area contributed by atoms with E-state index in [4.69, 9.17) is 14.2 Å². The first-order chi connectivity index (χ1) is 17.9. The van der Waals surface area contributed by atoms with Gasteiger partial charge in [0.25, 0.3) is 5.91 Å². The van der Waals surface area contributed by atoms with Gasteiger partial charge in [-0.1, -0.05) is 42.8 Å². The quantitative estimate of drug-likeness (QED) is 0.397. The molecule has 0 bridgehead atoms. The standard InChI is InChI=1S/C31H36N2O4/c1-31(2)36-28-18-24(17-27(35-3)29(28)37-31)30(34)32(20-26-12-7-15-33(26)25-10-6-11-25)19-21-13-14-22-8-4-5-9-23(22)16-21/h4-5,8-9,13-14,16-18,25-26H,6-7,10-12,15,19-20H2,1-3H3/t26-/m0/s1. The van der Waals surface area contributed by atoms with Crippen molar-refractivity contribution >= 4 is 16.7 Å². The molecule has 1 atom stereocenters. The van der Waals surface area contributed by atoms with Gasteiger partial charge >= 0.3 is 0 Å². The van der Waals surface area contributed by atoms with Crippen LogP contribution in [0.15, 0.2) is 54.6 Å². The molecule has 6 nitrogen and oxygen atoms in total. The highest BCUT2D eigenvalue weighted by molar-refractivity contribution is 5.96. The second kappa shape index (κ2) is 9.56. The normalized spacial score (nSPS) is 20.7. The molecule has 2 fully saturated rings. The number of carbonyl (C=O) groups is 1. The van der Waals surface area contributed by atoms with Crippen molar-refractivity contribution in [1.29, 1.82) is 0 Å². The molecule has 3 aromatic rings. The van der Waals surface area contributed by atoms with E-state index < -0.39 is 5.79 Å². The maximum atomic E-state index is 14.1. The summed E-state index contributed by atoms with van der Waals surface area (Å²) in [6, 6.07) is 19.5. The summed E-state index contributed by atoms with van der Waals surface area (Å²) in [5.74, 6) is 0.819. The smallest absolute Gasteiger partial charge is 0.254 e. The van der Waals surface area contributed by atoms with Crippen molar-refractivity contribution in [2.24, 2.45) is 0 Å². The molecule has 6 rings (SSSR count). The molecule has 1 amide bonds. The minimum atomic E-state index is -0.796. The molecule has 37 heavy (non-hydrogen) atoms. The summed E-state index contributed by atoms with van der Waals surface area (Å²) >= 11 is 0. The van der Waals surface area contributed by atoms with Crippen molar-refractivity contribution in [2.75, 3.05) is 20.2 Å². The van der Waals surface area contributed by atoms with Gasteiger partial charge in [0, 0.05) is 44.6 Å². The first kappa shape index (κ1) is 24.1. The van der Waals surface area contributed by atoms with Crippen LogP contribution >= 0.6 is 0 Å². The summed E-state index contributed by atoms with van der Waals surface area (Å²) in [6.07, 6.45) is 6.22. The number of carbonyl (C=O) groups excluding carboxylic acids is 1. The predicted octanol–water partition coefficient (Wildman–Crippen LogP) is 6.02. The zero-order valence-electron chi connectivity index (χ0n) is 22.0. The van der Waals surface area contributed by atoms with Crippen LogP contribution in [0, 0.1) is 0 Å². The number of rotatable bonds is 7. The third-order valence-corrected chi connectivity index (χ3v) is 8.06. The van der Waals surface area contributed by atoms with E-state index in [0.29, 0.717) is 48.0 Å². The van der Waals surface area contributed by atoms with Crippen molar-refractivity contribution in [2.45, 2.75) is 70.4 Å². The Morgan fingerprint density at radius 2 is 1.84 bits per heavy atom. The van der Waals surface area contributed by atoms with Crippen LogP contribution in [0.4, 0.5) is 0 Å². The van der Waals surface area contributed by atoms with Gasteiger partial charge in [0.15, 0.2) is 11.5 Å². The van der Waals surface area contributed by atoms with Crippen LogP contribution in [0.2, 0.25) is 0 Å². The number of hydrogen-bond donors (Lipinski definition) is 0. The highest BCUT2D eigenvalue weighted by atomic mass is 16.7. The number of hydrogen-bond acceptors (Lipinski definition) is 5. The van der Waals surface area contributed by atoms with Gasteiger partial charge in [-0.15, -0.1) is 0 Å². The van der Waals surface area contributed by atoms with Crippen LogP contribution in [0.1, 0.15) is 61.9 Å². The topological polar surface area (TPSA) is 51.2 Å². The van der Waals surface area contributed by atoms with Crippen molar-refractivity contribution in [1.82, 2.24) is 9.80 Å². The van der Waals surface area contributed by atoms with E-state index in [2.05, 4.69) is 47.4 Å². The summed E-state index contributed by atoms with van der Waals surface area (Å²) < 4.78 is 17.5. The van der Waals surface area contributed by atoms with E-state index in [-0.39, 0.29) is 5.91 Å². The molecule has 0 N–H and O–H groups in total. The highest BCUT2D eigenvalue weighted by Gasteiger charge is 2.38. The third-order valence-electron chi connectivity index (χ3n) is 8.06. The van der Waals surface area contributed by atoms with Crippen molar-refractivity contribution in [3.8, 4) is 17.2 Å². The Kier molecular flexibility index (Phi) is 6.23. The zero-order valence-corrected chi connectivity index (χ0v) is 22.0. The fourth-order valence-electron chi connectivity index (χ4n) is 6.03. The lowest BCUT2D eigenvalue weighted by atomic mass is 9.91. The van der Waals surface area contributed by atoms with Gasteiger partial charge in [-0.25, -0.2) is 0 Å². The van der Waals surface area contributed by atoms with E-state index in [9.17, 15) is 4.79 Å². The van der Waals surface area contributed by atoms with Gasteiger partial charge < -0.3 is 19.1 Å². The minimum absolute atomic E-state index is 0.0111. The van der Waals surface area contributed by atoms with Crippen LogP contribution in [0.5, 0.6) is 17.2 Å². The minimum Gasteiger partial charge on any atom is -0.493 e. The first-order valence-corrected chi connectivity index (χ1v) is 13.5. The third kappa shape index (κ3) is 4.75. The Hall–Kier alpha value is -3.25. The van der Waals surface area contributed by atoms with Crippen LogP contribution in [0.3, 0.4) is 0 Å². The summed E-state index contributed by atoms with van der Waals surface area (Å²) in [6.45, 7) is 6.12. The summed E-state index contributed by atoms with van der Waals surface area (Å²) in [7, 11) is 1.60. The number of likely N-dealkylation sites (tertiary alicyclic amines) is 1. The summed E-state index contributed by atoms with van der Waals surface area (Å²) in [5.41, 5.74) is 1.69. The number of amides is 1. The maximum Gasteiger partial charge on any atom is 0.254 e. The molecular weight excluding hydrogens is 464 g/mol. The van der Waals surface area contributed by atoms with Crippen LogP contribution in [0.25, 0.3) is 10.8 Å². The maximum absolute atomic E-state index is 14.1. The molecule has 3 aliphatic rings. The fraction of sp³-hybridized carbons (Fsp3) is 0.452. The van der Waals surface area contributed by atoms with Gasteiger partial charge in [-0.2, -0.15) is 0 Å². The Labute approximate surface area is 219 Å². The molecule has 6 heteroatoms. The second-order valence-corrected chi connectivity index (χ2v) is 11.1. The van der Waals surface area contributed by atoms with Crippen molar-refractivity contribution in [3.63, 3.8) is 0 Å². The molecule has 0 unspecified atom stereocenters. The number of fused-ring (bicyclic) bond motifs is 2. The Morgan fingerprint density at radius 1 is 1.03 bits per heavy atom. The highest BCUT2D eigenvalue weighted by Crippen LogP contribution is 2.47. The van der Waals surface area contributed by atoms with Gasteiger partial charge in [0.2, 0.25) is 11.5 Å². The van der Waals surface area contributed by atoms with Crippen molar-refractivity contribution < 1.29 is 19.0 Å². The molecule has 1 saturated heterocycles. The van der Waals surface area contributed by atoms with Gasteiger partial charge in [-0.3, -0.25) is 9.69 Å². The molecular formula is C31H36N2O4. The van der Waals surface area contributed by atoms with E-state index in [1.165, 1.54) is 36.5 Å². The molecule has 0 spiro atoms. The lowest BCUT2D eigenvalue weighted by molar-refractivity contribution is -0.0439. The molecule has 194 valence electrons. The number of nitrogens with zero attached hydrogens (tertiary/aromatic N) is 2. The first-order valence-electron chi connectivity index (χ1n) is 13.5. The van der Waals surface area contributed by atoms with Crippen LogP contribution in [-0.4, -0.2) is 53.8 Å². The Morgan fingerprint density at radius 3 is 2.59 bits per heavy atom. The number of benzene rings is 3. The summed E-state index contributed by atoms with van der Waals surface area (Å²) in [4.78, 5) is 18.8. The lowest BCUT2D eigenvalue weighted by Crippen LogP contribution is -2.48. The van der Waals surface area contributed by atoms with Gasteiger partial charge in [0.1, 0.15) is 0 Å². The molecule has 1 aliphatic carbocycles. The fourth-order valence-corrected chi connectivity index (χ4v) is 6.03. The molecule has 0 aromatic heterocycles. The second-order valence-electron chi connectivity index (χ2n) is 11.1. The van der Waals surface area contributed by atoms with Gasteiger partial charge in [-0.05, 0) is 66.8 Å². The van der Waals surface area contributed by atoms with Gasteiger partial charge in [0.05, 0.1) is 7.11 Å². The predicted molar refractivity (Wildman–Crippen MR) is 144 cm³/mol. The molecule has 2 heterocycles. The Balaban J connectivity index is 1.32. The summed E-state index contributed by atoms with van der Waals surface area (Å²) in [5, 5.41) is 2.40. The van der Waals surface area contributed by atoms with Crippen LogP contribution < -0.4 is 14.2 Å². The van der Waals surface area contributed by atoms with E-state index in [0.717, 1.165) is 18.5 Å². The SMILES string of the molecule is COc1cc(C(=O)N(Cc2ccc3ccccc3c2)C[C@@H]2CCCN2C2CCC2)cc2c1OC(C)(C)O2. The molecule has 2 aliphatic heterocycles. The number of methoxy groups -OCH3 is 1. The average molecular weight is 501 g/mol. The van der Waals surface area contributed by atoms with Crippen molar-refractivity contribution in [3.05, 3.63) is 65.7 Å². The zero-order chi connectivity index (χ0) is 25.6. The van der Waals surface area contributed by atoms with E-state index in [1.54, 1.807) is 19.2 Å². The van der Waals surface area contributed by atoms with Crippen LogP contribution in [-0.2, 0) is 6.54 Å². The number of ether oxygens (including phenoxy) is 3. The average Bonchev–Trinajstić information content (AvgIpc) is 3.43. The molecule has 3 aromatic carbocycles. The van der Waals surface area contributed by atoms with E-state index in [1.807, 2.05) is 18.7 Å². The molecule has 1 saturated carbocycles. The molecule has 0 radical (unpaired) electrons. The Bertz CT molecular complexity index is 1320.